The minimum Gasteiger partial charge on any atom is -0.465 e. The van der Waals surface area contributed by atoms with Crippen molar-refractivity contribution in [3.8, 4) is 5.75 Å². The quantitative estimate of drug-likeness (QED) is 0.277. The molecule has 1 unspecified atom stereocenters. The van der Waals surface area contributed by atoms with E-state index in [1.54, 1.807) is 31.2 Å². The number of Topliss-reactive ketones (excluding diaryl/α,β-unsaturated/α-hetero) is 1. The molecule has 2 N–H and O–H groups in total. The highest BCUT2D eigenvalue weighted by Crippen LogP contribution is 2.30. The number of likely N-dealkylation sites (tertiary alicyclic amines) is 1. The van der Waals surface area contributed by atoms with Gasteiger partial charge in [-0.05, 0) is 73.4 Å². The lowest BCUT2D eigenvalue weighted by molar-refractivity contribution is -0.191. The second-order valence-corrected chi connectivity index (χ2v) is 9.18. The number of rotatable bonds is 9. The summed E-state index contributed by atoms with van der Waals surface area (Å²) in [5.74, 6) is -4.48. The molecule has 0 spiro atoms. The molecule has 204 valence electrons. The minimum absolute atomic E-state index is 0.0380. The molecule has 1 aliphatic heterocycles. The molecule has 3 aromatic rings. The number of benzene rings is 3. The van der Waals surface area contributed by atoms with E-state index in [0.717, 1.165) is 12.8 Å². The number of alkyl halides is 1. The van der Waals surface area contributed by atoms with Crippen molar-refractivity contribution in [1.29, 1.82) is 0 Å². The van der Waals surface area contributed by atoms with Gasteiger partial charge in [-0.25, -0.2) is 18.9 Å². The summed E-state index contributed by atoms with van der Waals surface area (Å²) in [4.78, 5) is 38.7. The van der Waals surface area contributed by atoms with Crippen molar-refractivity contribution in [2.24, 2.45) is 0 Å². The molecule has 39 heavy (non-hydrogen) atoms. The maximum absolute atomic E-state index is 16.3. The Bertz CT molecular complexity index is 1360. The maximum atomic E-state index is 16.3. The van der Waals surface area contributed by atoms with Crippen molar-refractivity contribution < 1.29 is 32.6 Å². The SMILES string of the molecule is COC(=O)c1ccc(OC(F)(C(=O)Cc2ccc(NC(=O)Nc3ccccc3F)c(C)c2)N2CCCC2)cc1. The summed E-state index contributed by atoms with van der Waals surface area (Å²) in [6.45, 7) is 2.46. The van der Waals surface area contributed by atoms with Crippen LogP contribution in [0.1, 0.15) is 34.3 Å². The Kier molecular flexibility index (Phi) is 8.55. The molecule has 0 bridgehead atoms. The molecule has 3 aromatic carbocycles. The van der Waals surface area contributed by atoms with Crippen molar-refractivity contribution in [3.05, 3.63) is 89.2 Å². The molecule has 0 saturated carbocycles. The molecule has 0 aromatic heterocycles. The van der Waals surface area contributed by atoms with Gasteiger partial charge in [0.1, 0.15) is 11.6 Å². The monoisotopic (exact) mass is 537 g/mol. The van der Waals surface area contributed by atoms with Crippen LogP contribution in [0.3, 0.4) is 0 Å². The van der Waals surface area contributed by atoms with E-state index in [4.69, 9.17) is 4.74 Å². The first-order chi connectivity index (χ1) is 18.7. The summed E-state index contributed by atoms with van der Waals surface area (Å²) >= 11 is 0. The predicted octanol–water partition coefficient (Wildman–Crippen LogP) is 5.47. The van der Waals surface area contributed by atoms with E-state index in [1.165, 1.54) is 54.5 Å². The highest BCUT2D eigenvalue weighted by molar-refractivity contribution is 6.00. The van der Waals surface area contributed by atoms with Crippen LogP contribution in [0.2, 0.25) is 0 Å². The maximum Gasteiger partial charge on any atom is 0.371 e. The zero-order valence-electron chi connectivity index (χ0n) is 21.6. The number of ether oxygens (including phenoxy) is 2. The summed E-state index contributed by atoms with van der Waals surface area (Å²) in [5, 5.41) is 5.09. The third-order valence-corrected chi connectivity index (χ3v) is 6.41. The van der Waals surface area contributed by atoms with Crippen LogP contribution in [0.15, 0.2) is 66.7 Å². The number of esters is 1. The van der Waals surface area contributed by atoms with Crippen LogP contribution in [0.5, 0.6) is 5.75 Å². The lowest BCUT2D eigenvalue weighted by atomic mass is 10.0. The van der Waals surface area contributed by atoms with Crippen LogP contribution in [-0.4, -0.2) is 48.9 Å². The molecule has 0 aliphatic carbocycles. The van der Waals surface area contributed by atoms with Crippen molar-refractivity contribution in [3.63, 3.8) is 0 Å². The van der Waals surface area contributed by atoms with Gasteiger partial charge < -0.3 is 20.1 Å². The van der Waals surface area contributed by atoms with Crippen LogP contribution < -0.4 is 15.4 Å². The number of hydrogen-bond acceptors (Lipinski definition) is 6. The van der Waals surface area contributed by atoms with Gasteiger partial charge in [-0.1, -0.05) is 24.3 Å². The van der Waals surface area contributed by atoms with Crippen molar-refractivity contribution >= 4 is 29.2 Å². The first kappa shape index (κ1) is 27.7. The van der Waals surface area contributed by atoms with Crippen LogP contribution in [0, 0.1) is 12.7 Å². The molecule has 0 radical (unpaired) electrons. The Labute approximate surface area is 224 Å². The van der Waals surface area contributed by atoms with E-state index in [1.807, 2.05) is 0 Å². The number of amides is 2. The Morgan fingerprint density at radius 1 is 0.949 bits per heavy atom. The third kappa shape index (κ3) is 6.58. The van der Waals surface area contributed by atoms with E-state index < -0.39 is 29.6 Å². The second kappa shape index (κ2) is 12.0. The summed E-state index contributed by atoms with van der Waals surface area (Å²) in [6.07, 6.45) is 1.21. The van der Waals surface area contributed by atoms with Crippen LogP contribution in [0.25, 0.3) is 0 Å². The zero-order valence-corrected chi connectivity index (χ0v) is 21.6. The molecule has 10 heteroatoms. The highest BCUT2D eigenvalue weighted by Gasteiger charge is 2.48. The highest BCUT2D eigenvalue weighted by atomic mass is 19.2. The van der Waals surface area contributed by atoms with E-state index in [9.17, 15) is 18.8 Å². The third-order valence-electron chi connectivity index (χ3n) is 6.41. The fourth-order valence-electron chi connectivity index (χ4n) is 4.34. The summed E-state index contributed by atoms with van der Waals surface area (Å²) < 4.78 is 40.5. The predicted molar refractivity (Wildman–Crippen MR) is 142 cm³/mol. The first-order valence-electron chi connectivity index (χ1n) is 12.5. The average molecular weight is 538 g/mol. The number of aryl methyl sites for hydroxylation is 1. The topological polar surface area (TPSA) is 97.0 Å². The van der Waals surface area contributed by atoms with Gasteiger partial charge in [-0.3, -0.25) is 4.79 Å². The molecule has 1 heterocycles. The van der Waals surface area contributed by atoms with Crippen molar-refractivity contribution in [1.82, 2.24) is 4.90 Å². The Balaban J connectivity index is 1.46. The number of urea groups is 1. The van der Waals surface area contributed by atoms with Gasteiger partial charge in [0.2, 0.25) is 5.78 Å². The molecule has 1 atom stereocenters. The lowest BCUT2D eigenvalue weighted by Gasteiger charge is -2.33. The number of hydrogen-bond donors (Lipinski definition) is 2. The fraction of sp³-hybridized carbons (Fsp3) is 0.276. The second-order valence-electron chi connectivity index (χ2n) is 9.18. The molecule has 1 saturated heterocycles. The molecular weight excluding hydrogens is 508 g/mol. The van der Waals surface area contributed by atoms with Gasteiger partial charge in [0.25, 0.3) is 0 Å². The number of anilines is 2. The van der Waals surface area contributed by atoms with Gasteiger partial charge in [-0.15, -0.1) is 0 Å². The van der Waals surface area contributed by atoms with Crippen LogP contribution in [0.4, 0.5) is 25.0 Å². The van der Waals surface area contributed by atoms with Crippen LogP contribution in [-0.2, 0) is 16.0 Å². The number of carbonyl (C=O) groups is 3. The first-order valence-corrected chi connectivity index (χ1v) is 12.5. The average Bonchev–Trinajstić information content (AvgIpc) is 3.47. The van der Waals surface area contributed by atoms with Gasteiger partial charge >= 0.3 is 18.0 Å². The Hall–Kier alpha value is -4.31. The Morgan fingerprint density at radius 3 is 2.26 bits per heavy atom. The van der Waals surface area contributed by atoms with Gasteiger partial charge in [0, 0.05) is 25.2 Å². The van der Waals surface area contributed by atoms with Crippen molar-refractivity contribution in [2.75, 3.05) is 30.8 Å². The number of nitrogens with zero attached hydrogens (tertiary/aromatic N) is 1. The van der Waals surface area contributed by atoms with Gasteiger partial charge in [0.15, 0.2) is 0 Å². The molecule has 4 rings (SSSR count). The smallest absolute Gasteiger partial charge is 0.371 e. The molecular formula is C29H29F2N3O5. The summed E-state index contributed by atoms with van der Waals surface area (Å²) in [6, 6.07) is 15.8. The number of para-hydroxylation sites is 1. The number of ketones is 1. The number of nitrogens with one attached hydrogen (secondary N) is 2. The summed E-state index contributed by atoms with van der Waals surface area (Å²) in [7, 11) is 1.26. The standard InChI is InChI=1S/C29H29F2N3O5/c1-19-17-20(9-14-24(19)32-28(37)33-25-8-4-3-7-23(25)30)18-26(35)29(31,34-15-5-6-16-34)39-22-12-10-21(11-13-22)27(36)38-2/h3-4,7-14,17H,5-6,15-16,18H2,1-2H3,(H2,32,33,37). The minimum atomic E-state index is -2.70. The van der Waals surface area contributed by atoms with E-state index in [-0.39, 0.29) is 23.4 Å². The summed E-state index contributed by atoms with van der Waals surface area (Å²) in [5.41, 5.74) is 1.93. The van der Waals surface area contributed by atoms with E-state index in [0.29, 0.717) is 29.9 Å². The fourth-order valence-corrected chi connectivity index (χ4v) is 4.34. The normalized spacial score (nSPS) is 14.8. The lowest BCUT2D eigenvalue weighted by Crippen LogP contribution is -2.55. The van der Waals surface area contributed by atoms with E-state index in [2.05, 4.69) is 15.4 Å². The number of methoxy groups -OCH3 is 1. The molecule has 1 fully saturated rings. The zero-order chi connectivity index (χ0) is 28.0. The number of halogens is 2. The molecule has 2 amide bonds. The van der Waals surface area contributed by atoms with Gasteiger partial charge in [-0.2, -0.15) is 4.39 Å². The van der Waals surface area contributed by atoms with Crippen molar-refractivity contribution in [2.45, 2.75) is 32.2 Å². The molecule has 8 nitrogen and oxygen atoms in total. The molecule has 1 aliphatic rings. The van der Waals surface area contributed by atoms with Gasteiger partial charge in [0.05, 0.1) is 18.4 Å². The van der Waals surface area contributed by atoms with Crippen LogP contribution >= 0.6 is 0 Å². The Morgan fingerprint density at radius 2 is 1.62 bits per heavy atom. The number of carbonyl (C=O) groups excluding carboxylic acids is 3. The van der Waals surface area contributed by atoms with E-state index >= 15 is 4.39 Å². The largest absolute Gasteiger partial charge is 0.465 e.